The van der Waals surface area contributed by atoms with Gasteiger partial charge in [-0.2, -0.15) is 5.10 Å². The van der Waals surface area contributed by atoms with Gasteiger partial charge in [0.05, 0.1) is 24.9 Å². The third-order valence-electron chi connectivity index (χ3n) is 3.05. The maximum Gasteiger partial charge on any atom is 0.311 e. The molecule has 2 aromatic rings. The summed E-state index contributed by atoms with van der Waals surface area (Å²) >= 11 is 1.40. The molecule has 1 aromatic carbocycles. The van der Waals surface area contributed by atoms with Crippen LogP contribution in [0, 0.1) is 11.5 Å². The number of carbonyl (C=O) groups is 1. The zero-order valence-corrected chi connectivity index (χ0v) is 17.3. The van der Waals surface area contributed by atoms with E-state index in [0.717, 1.165) is 11.1 Å². The van der Waals surface area contributed by atoms with E-state index < -0.39 is 8.07 Å². The number of aromatic nitrogens is 1. The minimum atomic E-state index is -1.36. The van der Waals surface area contributed by atoms with Crippen molar-refractivity contribution in [2.45, 2.75) is 33.0 Å². The fourth-order valence-corrected chi connectivity index (χ4v) is 3.05. The highest BCUT2D eigenvalue weighted by Crippen LogP contribution is 2.16. The fourth-order valence-electron chi connectivity index (χ4n) is 1.87. The van der Waals surface area contributed by atoms with Crippen LogP contribution in [0.4, 0.5) is 5.13 Å². The van der Waals surface area contributed by atoms with E-state index in [4.69, 9.17) is 4.74 Å². The van der Waals surface area contributed by atoms with Crippen molar-refractivity contribution in [3.05, 3.63) is 46.5 Å². The van der Waals surface area contributed by atoms with Crippen LogP contribution in [0.2, 0.25) is 19.6 Å². The molecule has 0 fully saturated rings. The number of hydrazone groups is 1. The van der Waals surface area contributed by atoms with E-state index in [2.05, 4.69) is 46.6 Å². The normalized spacial score (nSPS) is 11.1. The van der Waals surface area contributed by atoms with E-state index in [1.54, 1.807) is 13.1 Å². The van der Waals surface area contributed by atoms with Gasteiger partial charge in [0.25, 0.3) is 0 Å². The Bertz CT molecular complexity index is 827. The highest BCUT2D eigenvalue weighted by Gasteiger charge is 2.08. The summed E-state index contributed by atoms with van der Waals surface area (Å²) in [6, 6.07) is 7.95. The van der Waals surface area contributed by atoms with Crippen LogP contribution in [0.5, 0.6) is 0 Å². The average Bonchev–Trinajstić information content (AvgIpc) is 3.01. The molecule has 0 aliphatic rings. The van der Waals surface area contributed by atoms with Crippen LogP contribution >= 0.6 is 11.3 Å². The number of nitrogens with one attached hydrogen (secondary N) is 1. The van der Waals surface area contributed by atoms with Crippen LogP contribution in [0.15, 0.2) is 34.7 Å². The summed E-state index contributed by atoms with van der Waals surface area (Å²) in [5, 5.41) is 6.64. The highest BCUT2D eigenvalue weighted by atomic mass is 32.1. The van der Waals surface area contributed by atoms with Gasteiger partial charge in [0.15, 0.2) is 0 Å². The molecule has 0 bridgehead atoms. The van der Waals surface area contributed by atoms with Gasteiger partial charge in [-0.1, -0.05) is 37.7 Å². The quantitative estimate of drug-likeness (QED) is 0.269. The predicted molar refractivity (Wildman–Crippen MR) is 110 cm³/mol. The maximum absolute atomic E-state index is 11.4. The van der Waals surface area contributed by atoms with E-state index in [1.807, 2.05) is 29.6 Å². The van der Waals surface area contributed by atoms with Gasteiger partial charge in [-0.05, 0) is 24.6 Å². The summed E-state index contributed by atoms with van der Waals surface area (Å²) < 4.78 is 4.91. The Morgan fingerprint density at radius 2 is 2.08 bits per heavy atom. The lowest BCUT2D eigenvalue weighted by Gasteiger charge is -2.03. The molecule has 0 atom stereocenters. The Morgan fingerprint density at radius 3 is 2.73 bits per heavy atom. The molecule has 5 nitrogen and oxygen atoms in total. The number of benzene rings is 1. The number of esters is 1. The van der Waals surface area contributed by atoms with Gasteiger partial charge in [0.1, 0.15) is 8.07 Å². The Morgan fingerprint density at radius 1 is 1.35 bits per heavy atom. The van der Waals surface area contributed by atoms with Crippen molar-refractivity contribution < 1.29 is 9.53 Å². The molecule has 2 rings (SSSR count). The fraction of sp³-hybridized carbons (Fsp3) is 0.316. The first-order valence-corrected chi connectivity index (χ1v) is 12.8. The summed E-state index contributed by atoms with van der Waals surface area (Å²) in [5.41, 5.74) is 8.89. The number of rotatable bonds is 6. The van der Waals surface area contributed by atoms with Crippen molar-refractivity contribution in [1.82, 2.24) is 4.98 Å². The molecular formula is C19H23N3O2SSi. The molecule has 0 saturated heterocycles. The van der Waals surface area contributed by atoms with Crippen molar-refractivity contribution in [1.29, 1.82) is 0 Å². The molecule has 26 heavy (non-hydrogen) atoms. The number of thiazole rings is 1. The number of anilines is 1. The largest absolute Gasteiger partial charge is 0.466 e. The van der Waals surface area contributed by atoms with Gasteiger partial charge in [-0.3, -0.25) is 10.2 Å². The molecule has 0 saturated carbocycles. The second kappa shape index (κ2) is 9.32. The molecule has 1 aromatic heterocycles. The van der Waals surface area contributed by atoms with Gasteiger partial charge >= 0.3 is 5.97 Å². The number of hydrogen-bond donors (Lipinski definition) is 1. The molecular weight excluding hydrogens is 362 g/mol. The summed E-state index contributed by atoms with van der Waals surface area (Å²) in [5.74, 6) is 2.95. The number of nitrogens with zero attached hydrogens (tertiary/aromatic N) is 2. The van der Waals surface area contributed by atoms with Gasteiger partial charge in [-0.15, -0.1) is 16.9 Å². The van der Waals surface area contributed by atoms with Crippen LogP contribution in [0.25, 0.3) is 0 Å². The Balaban J connectivity index is 1.89. The van der Waals surface area contributed by atoms with Gasteiger partial charge in [-0.25, -0.2) is 4.98 Å². The minimum absolute atomic E-state index is 0.176. The third-order valence-corrected chi connectivity index (χ3v) is 4.72. The van der Waals surface area contributed by atoms with Crippen molar-refractivity contribution in [2.75, 3.05) is 12.0 Å². The van der Waals surface area contributed by atoms with Crippen LogP contribution in [-0.2, 0) is 16.0 Å². The van der Waals surface area contributed by atoms with Crippen LogP contribution in [-0.4, -0.2) is 31.8 Å². The molecule has 0 aliphatic heterocycles. The lowest BCUT2D eigenvalue weighted by molar-refractivity contribution is -0.142. The zero-order chi connectivity index (χ0) is 19.0. The van der Waals surface area contributed by atoms with Crippen molar-refractivity contribution in [2.24, 2.45) is 5.10 Å². The monoisotopic (exact) mass is 385 g/mol. The zero-order valence-electron chi connectivity index (χ0n) is 15.5. The van der Waals surface area contributed by atoms with Crippen molar-refractivity contribution in [3.63, 3.8) is 0 Å². The second-order valence-electron chi connectivity index (χ2n) is 6.62. The molecule has 0 spiro atoms. The maximum atomic E-state index is 11.4. The summed E-state index contributed by atoms with van der Waals surface area (Å²) in [6.45, 7) is 8.84. The van der Waals surface area contributed by atoms with E-state index in [1.165, 1.54) is 11.3 Å². The van der Waals surface area contributed by atoms with Crippen molar-refractivity contribution >= 4 is 36.7 Å². The summed E-state index contributed by atoms with van der Waals surface area (Å²) in [7, 11) is -1.36. The standard InChI is InChI=1S/C19H23N3O2SSi/c1-5-24-18(23)12-17-14-25-19(21-17)22-20-13-16-8-6-15(7-9-16)10-11-26(2,3)4/h6-9,13-14H,5,12H2,1-4H3,(H,21,22). The summed E-state index contributed by atoms with van der Waals surface area (Å²) in [4.78, 5) is 15.7. The minimum Gasteiger partial charge on any atom is -0.466 e. The van der Waals surface area contributed by atoms with Crippen LogP contribution in [0.3, 0.4) is 0 Å². The molecule has 1 heterocycles. The van der Waals surface area contributed by atoms with Gasteiger partial charge in [0.2, 0.25) is 5.13 Å². The molecule has 0 radical (unpaired) electrons. The molecule has 0 unspecified atom stereocenters. The smallest absolute Gasteiger partial charge is 0.311 e. The average molecular weight is 386 g/mol. The molecule has 1 N–H and O–H groups in total. The lowest BCUT2D eigenvalue weighted by Crippen LogP contribution is -2.16. The van der Waals surface area contributed by atoms with E-state index >= 15 is 0 Å². The Kier molecular flexibility index (Phi) is 7.13. The topological polar surface area (TPSA) is 63.6 Å². The molecule has 0 aliphatic carbocycles. The Labute approximate surface area is 159 Å². The molecule has 0 amide bonds. The number of hydrogen-bond acceptors (Lipinski definition) is 6. The van der Waals surface area contributed by atoms with Gasteiger partial charge in [0, 0.05) is 10.9 Å². The van der Waals surface area contributed by atoms with Crippen molar-refractivity contribution in [3.8, 4) is 11.5 Å². The van der Waals surface area contributed by atoms with Gasteiger partial charge < -0.3 is 4.74 Å². The Hall–Kier alpha value is -2.43. The van der Waals surface area contributed by atoms with E-state index in [-0.39, 0.29) is 12.4 Å². The van der Waals surface area contributed by atoms with E-state index in [0.29, 0.717) is 17.4 Å². The first-order valence-electron chi connectivity index (χ1n) is 8.38. The lowest BCUT2D eigenvalue weighted by atomic mass is 10.1. The molecule has 136 valence electrons. The third kappa shape index (κ3) is 7.21. The van der Waals surface area contributed by atoms with Crippen LogP contribution < -0.4 is 5.43 Å². The number of carbonyl (C=O) groups excluding carboxylic acids is 1. The SMILES string of the molecule is CCOC(=O)Cc1csc(NN=Cc2ccc(C#C[Si](C)(C)C)cc2)n1. The predicted octanol–water partition coefficient (Wildman–Crippen LogP) is 3.92. The first kappa shape index (κ1) is 19.9. The van der Waals surface area contributed by atoms with Crippen LogP contribution in [0.1, 0.15) is 23.7 Å². The summed E-state index contributed by atoms with van der Waals surface area (Å²) in [6.07, 6.45) is 1.90. The highest BCUT2D eigenvalue weighted by molar-refractivity contribution is 7.13. The molecule has 7 heteroatoms. The second-order valence-corrected chi connectivity index (χ2v) is 12.2. The first-order chi connectivity index (χ1) is 12.4. The number of ether oxygens (including phenoxy) is 1. The van der Waals surface area contributed by atoms with E-state index in [9.17, 15) is 4.79 Å².